The van der Waals surface area contributed by atoms with Crippen molar-refractivity contribution in [3.8, 4) is 0 Å². The molecule has 0 saturated carbocycles. The first-order valence-corrected chi connectivity index (χ1v) is 7.58. The predicted molar refractivity (Wildman–Crippen MR) is 73.0 cm³/mol. The molecule has 100 valence electrons. The first-order valence-electron chi connectivity index (χ1n) is 5.42. The summed E-state index contributed by atoms with van der Waals surface area (Å²) in [4.78, 5) is 12.4. The lowest BCUT2D eigenvalue weighted by atomic mass is 10.1. The lowest BCUT2D eigenvalue weighted by molar-refractivity contribution is -0.120. The molecule has 1 rings (SSSR count). The van der Waals surface area contributed by atoms with Gasteiger partial charge in [-0.2, -0.15) is 0 Å². The summed E-state index contributed by atoms with van der Waals surface area (Å²) in [6.45, 7) is 0.305. The largest absolute Gasteiger partial charge is 0.356 e. The summed E-state index contributed by atoms with van der Waals surface area (Å²) in [6.07, 6.45) is 0.587. The van der Waals surface area contributed by atoms with Crippen LogP contribution in [0.1, 0.15) is 12.0 Å². The van der Waals surface area contributed by atoms with Crippen molar-refractivity contribution in [2.24, 2.45) is 5.14 Å². The molecule has 5 nitrogen and oxygen atoms in total. The third-order valence-corrected chi connectivity index (χ3v) is 3.38. The quantitative estimate of drug-likeness (QED) is 0.520. The molecule has 0 unspecified atom stereocenters. The van der Waals surface area contributed by atoms with Crippen molar-refractivity contribution in [3.05, 3.63) is 29.8 Å². The van der Waals surface area contributed by atoms with Crippen molar-refractivity contribution in [2.45, 2.75) is 17.7 Å². The van der Waals surface area contributed by atoms with Crippen LogP contribution in [0.25, 0.3) is 0 Å². The van der Waals surface area contributed by atoms with E-state index in [0.717, 1.165) is 10.5 Å². The van der Waals surface area contributed by atoms with Crippen LogP contribution in [-0.4, -0.2) is 26.6 Å². The maximum atomic E-state index is 11.5. The van der Waals surface area contributed by atoms with Gasteiger partial charge in [-0.05, 0) is 24.1 Å². The van der Waals surface area contributed by atoms with E-state index in [1.165, 1.54) is 0 Å². The van der Waals surface area contributed by atoms with Gasteiger partial charge >= 0.3 is 0 Å². The summed E-state index contributed by atoms with van der Waals surface area (Å²) < 4.78 is 21.3. The van der Waals surface area contributed by atoms with Gasteiger partial charge in [0.1, 0.15) is 0 Å². The smallest absolute Gasteiger partial charge is 0.224 e. The number of hydrogen-bond acceptors (Lipinski definition) is 4. The Morgan fingerprint density at radius 3 is 2.44 bits per heavy atom. The van der Waals surface area contributed by atoms with E-state index in [1.54, 1.807) is 0 Å². The molecule has 0 aliphatic carbocycles. The molecular formula is C11H16N2O3S2. The summed E-state index contributed by atoms with van der Waals surface area (Å²) in [5, 5.41) is 7.48. The van der Waals surface area contributed by atoms with E-state index in [9.17, 15) is 13.2 Å². The molecule has 0 radical (unpaired) electrons. The van der Waals surface area contributed by atoms with Crippen LogP contribution in [0.2, 0.25) is 0 Å². The van der Waals surface area contributed by atoms with Crippen LogP contribution in [0.5, 0.6) is 0 Å². The second-order valence-corrected chi connectivity index (χ2v) is 6.16. The molecule has 7 heteroatoms. The zero-order valence-corrected chi connectivity index (χ0v) is 11.5. The minimum Gasteiger partial charge on any atom is -0.356 e. The molecule has 3 N–H and O–H groups in total. The number of thiol groups is 1. The summed E-state index contributed by atoms with van der Waals surface area (Å²) in [6, 6.07) is 7.28. The summed E-state index contributed by atoms with van der Waals surface area (Å²) in [5.74, 6) is -0.266. The van der Waals surface area contributed by atoms with E-state index < -0.39 is 10.0 Å². The number of benzene rings is 1. The highest BCUT2D eigenvalue weighted by atomic mass is 32.2. The predicted octanol–water partition coefficient (Wildman–Crippen LogP) is 0.313. The molecule has 1 aromatic rings. The Bertz CT molecular complexity index is 498. The van der Waals surface area contributed by atoms with Gasteiger partial charge in [-0.1, -0.05) is 12.1 Å². The molecular weight excluding hydrogens is 272 g/mol. The van der Waals surface area contributed by atoms with Gasteiger partial charge in [0, 0.05) is 11.4 Å². The number of hydrogen-bond donors (Lipinski definition) is 3. The lowest BCUT2D eigenvalue weighted by Gasteiger charge is -2.05. The molecule has 0 aromatic heterocycles. The molecule has 0 bridgehead atoms. The van der Waals surface area contributed by atoms with E-state index in [-0.39, 0.29) is 18.1 Å². The number of primary sulfonamides is 1. The Hall–Kier alpha value is -1.05. The van der Waals surface area contributed by atoms with Gasteiger partial charge in [-0.15, -0.1) is 12.6 Å². The van der Waals surface area contributed by atoms with Crippen LogP contribution in [0.3, 0.4) is 0 Å². The second kappa shape index (κ2) is 6.77. The average molecular weight is 288 g/mol. The minimum atomic E-state index is -3.45. The highest BCUT2D eigenvalue weighted by Crippen LogP contribution is 2.08. The van der Waals surface area contributed by atoms with Crippen molar-refractivity contribution < 1.29 is 13.2 Å². The van der Waals surface area contributed by atoms with Crippen molar-refractivity contribution >= 4 is 28.6 Å². The minimum absolute atomic E-state index is 0.123. The van der Waals surface area contributed by atoms with Crippen LogP contribution < -0.4 is 10.5 Å². The highest BCUT2D eigenvalue weighted by molar-refractivity contribution is 7.89. The summed E-state index contributed by atoms with van der Waals surface area (Å²) in [7, 11) is -3.45. The average Bonchev–Trinajstić information content (AvgIpc) is 2.26. The van der Waals surface area contributed by atoms with Crippen LogP contribution in [-0.2, 0) is 21.2 Å². The first kappa shape index (κ1) is 15.0. The number of carbonyl (C=O) groups is 1. The standard InChI is InChI=1S/C11H16N2O3S2/c12-18(15,16)7-1-6-13-11(14)8-9-2-4-10(17)5-3-9/h2-5,17H,1,6-8H2,(H,13,14)(H2,12,15,16). The zero-order valence-electron chi connectivity index (χ0n) is 9.80. The Balaban J connectivity index is 2.28. The fraction of sp³-hybridized carbons (Fsp3) is 0.364. The van der Waals surface area contributed by atoms with Crippen molar-refractivity contribution in [1.82, 2.24) is 5.32 Å². The maximum Gasteiger partial charge on any atom is 0.224 e. The molecule has 18 heavy (non-hydrogen) atoms. The van der Waals surface area contributed by atoms with Crippen LogP contribution in [0.4, 0.5) is 0 Å². The maximum absolute atomic E-state index is 11.5. The van der Waals surface area contributed by atoms with Gasteiger partial charge in [-0.3, -0.25) is 4.79 Å². The van der Waals surface area contributed by atoms with Gasteiger partial charge < -0.3 is 5.32 Å². The fourth-order valence-electron chi connectivity index (χ4n) is 1.36. The number of nitrogens with one attached hydrogen (secondary N) is 1. The van der Waals surface area contributed by atoms with Crippen LogP contribution >= 0.6 is 12.6 Å². The first-order chi connectivity index (χ1) is 8.37. The third kappa shape index (κ3) is 6.63. The monoisotopic (exact) mass is 288 g/mol. The molecule has 0 saturated heterocycles. The normalized spacial score (nSPS) is 11.2. The van der Waals surface area contributed by atoms with E-state index >= 15 is 0 Å². The van der Waals surface area contributed by atoms with Gasteiger partial charge in [-0.25, -0.2) is 13.6 Å². The van der Waals surface area contributed by atoms with Gasteiger partial charge in [0.05, 0.1) is 12.2 Å². The van der Waals surface area contributed by atoms with E-state index in [4.69, 9.17) is 5.14 Å². The Morgan fingerprint density at radius 1 is 1.28 bits per heavy atom. The Kier molecular flexibility index (Phi) is 5.64. The van der Waals surface area contributed by atoms with E-state index in [0.29, 0.717) is 13.0 Å². The molecule has 1 amide bonds. The van der Waals surface area contributed by atoms with Gasteiger partial charge in [0.15, 0.2) is 0 Å². The fourth-order valence-corrected chi connectivity index (χ4v) is 2.06. The summed E-state index contributed by atoms with van der Waals surface area (Å²) in [5.41, 5.74) is 0.886. The highest BCUT2D eigenvalue weighted by Gasteiger charge is 2.05. The number of sulfonamides is 1. The number of nitrogens with two attached hydrogens (primary N) is 1. The number of amides is 1. The van der Waals surface area contributed by atoms with E-state index in [1.807, 2.05) is 24.3 Å². The Labute approximate surface area is 112 Å². The zero-order chi connectivity index (χ0) is 13.6. The van der Waals surface area contributed by atoms with Crippen molar-refractivity contribution in [2.75, 3.05) is 12.3 Å². The molecule has 0 spiro atoms. The van der Waals surface area contributed by atoms with E-state index in [2.05, 4.69) is 17.9 Å². The lowest BCUT2D eigenvalue weighted by Crippen LogP contribution is -2.28. The summed E-state index contributed by atoms with van der Waals surface area (Å²) >= 11 is 4.15. The third-order valence-electron chi connectivity index (χ3n) is 2.23. The van der Waals surface area contributed by atoms with Gasteiger partial charge in [0.2, 0.25) is 15.9 Å². The number of carbonyl (C=O) groups excluding carboxylic acids is 1. The molecule has 0 aliphatic rings. The topological polar surface area (TPSA) is 89.3 Å². The molecule has 0 atom stereocenters. The Morgan fingerprint density at radius 2 is 1.89 bits per heavy atom. The number of rotatable bonds is 6. The molecule has 0 heterocycles. The van der Waals surface area contributed by atoms with Crippen LogP contribution in [0, 0.1) is 0 Å². The molecule has 0 fully saturated rings. The van der Waals surface area contributed by atoms with Crippen molar-refractivity contribution in [1.29, 1.82) is 0 Å². The van der Waals surface area contributed by atoms with Crippen LogP contribution in [0.15, 0.2) is 29.2 Å². The SMILES string of the molecule is NS(=O)(=O)CCCNC(=O)Cc1ccc(S)cc1. The van der Waals surface area contributed by atoms with Crippen molar-refractivity contribution in [3.63, 3.8) is 0 Å². The van der Waals surface area contributed by atoms with Gasteiger partial charge in [0.25, 0.3) is 0 Å². The second-order valence-electron chi connectivity index (χ2n) is 3.91. The molecule has 0 aliphatic heterocycles. The molecule has 1 aromatic carbocycles.